The molecular weight excluding hydrogens is 288 g/mol. The first-order chi connectivity index (χ1) is 10.2. The predicted octanol–water partition coefficient (Wildman–Crippen LogP) is 2.53. The molecule has 1 saturated heterocycles. The topological polar surface area (TPSA) is 73.7 Å². The van der Waals surface area contributed by atoms with Gasteiger partial charge in [-0.05, 0) is 32.2 Å². The average molecular weight is 312 g/mol. The van der Waals surface area contributed by atoms with Crippen molar-refractivity contribution in [2.75, 3.05) is 13.2 Å². The minimum Gasteiger partial charge on any atom is -0.477 e. The van der Waals surface area contributed by atoms with E-state index in [1.165, 1.54) is 24.2 Å². The van der Waals surface area contributed by atoms with E-state index in [9.17, 15) is 15.0 Å². The van der Waals surface area contributed by atoms with Crippen LogP contribution in [0.2, 0.25) is 0 Å². The molecule has 1 atom stereocenters. The highest BCUT2D eigenvalue weighted by Gasteiger charge is 2.24. The van der Waals surface area contributed by atoms with Crippen molar-refractivity contribution in [1.82, 2.24) is 9.88 Å². The summed E-state index contributed by atoms with van der Waals surface area (Å²) in [6, 6.07) is 0.399. The van der Waals surface area contributed by atoms with Gasteiger partial charge in [0.2, 0.25) is 0 Å². The lowest BCUT2D eigenvalue weighted by Crippen LogP contribution is -2.39. The van der Waals surface area contributed by atoms with E-state index in [1.54, 1.807) is 0 Å². The number of aryl methyl sites for hydroxylation is 1. The number of carboxylic acids is 1. The molecule has 0 spiro atoms. The Morgan fingerprint density at radius 3 is 2.95 bits per heavy atom. The number of hydrogen-bond donors (Lipinski definition) is 2. The third-order valence-corrected chi connectivity index (χ3v) is 5.04. The summed E-state index contributed by atoms with van der Waals surface area (Å²) in [5, 5.41) is 19.3. The fraction of sp³-hybridized carbons (Fsp3) is 0.733. The number of hydrogen-bond acceptors (Lipinski definition) is 5. The van der Waals surface area contributed by atoms with Crippen LogP contribution < -0.4 is 0 Å². The summed E-state index contributed by atoms with van der Waals surface area (Å²) in [7, 11) is 0. The van der Waals surface area contributed by atoms with Gasteiger partial charge in [-0.25, -0.2) is 9.78 Å². The molecule has 0 saturated carbocycles. The van der Waals surface area contributed by atoms with Crippen molar-refractivity contribution in [3.63, 3.8) is 0 Å². The highest BCUT2D eigenvalue weighted by Crippen LogP contribution is 2.26. The molecule has 118 valence electrons. The summed E-state index contributed by atoms with van der Waals surface area (Å²) in [6.45, 7) is 3.96. The SMILES string of the molecule is CCCc1nc(CN2CCCCC2CCO)sc1C(=O)O. The van der Waals surface area contributed by atoms with E-state index in [2.05, 4.69) is 9.88 Å². The van der Waals surface area contributed by atoms with Crippen molar-refractivity contribution < 1.29 is 15.0 Å². The molecule has 1 aliphatic rings. The maximum atomic E-state index is 11.3. The Morgan fingerprint density at radius 1 is 1.48 bits per heavy atom. The van der Waals surface area contributed by atoms with Gasteiger partial charge in [-0.15, -0.1) is 11.3 Å². The molecule has 2 heterocycles. The summed E-state index contributed by atoms with van der Waals surface area (Å²) in [5.41, 5.74) is 0.723. The molecule has 1 aromatic rings. The molecule has 1 fully saturated rings. The number of thiazole rings is 1. The largest absolute Gasteiger partial charge is 0.477 e. The third kappa shape index (κ3) is 4.25. The van der Waals surface area contributed by atoms with Gasteiger partial charge in [-0.1, -0.05) is 19.8 Å². The Kier molecular flexibility index (Phi) is 6.14. The van der Waals surface area contributed by atoms with Gasteiger partial charge in [0.25, 0.3) is 0 Å². The number of aliphatic hydroxyl groups is 1. The highest BCUT2D eigenvalue weighted by atomic mass is 32.1. The molecule has 1 aromatic heterocycles. The van der Waals surface area contributed by atoms with Crippen molar-refractivity contribution >= 4 is 17.3 Å². The molecule has 0 amide bonds. The smallest absolute Gasteiger partial charge is 0.347 e. The first-order valence-corrected chi connectivity index (χ1v) is 8.54. The number of carbonyl (C=O) groups is 1. The molecule has 0 radical (unpaired) electrons. The second-order valence-electron chi connectivity index (χ2n) is 5.57. The molecule has 0 aromatic carbocycles. The van der Waals surface area contributed by atoms with Gasteiger partial charge in [-0.2, -0.15) is 0 Å². The van der Waals surface area contributed by atoms with Crippen molar-refractivity contribution in [2.45, 2.75) is 58.0 Å². The van der Waals surface area contributed by atoms with Gasteiger partial charge in [0.05, 0.1) is 12.2 Å². The average Bonchev–Trinajstić information content (AvgIpc) is 2.85. The Labute approximate surface area is 129 Å². The summed E-state index contributed by atoms with van der Waals surface area (Å²) < 4.78 is 0. The molecule has 2 N–H and O–H groups in total. The molecule has 6 heteroatoms. The van der Waals surface area contributed by atoms with Crippen LogP contribution in [-0.4, -0.2) is 45.3 Å². The first-order valence-electron chi connectivity index (χ1n) is 7.72. The van der Waals surface area contributed by atoms with Crippen molar-refractivity contribution in [3.8, 4) is 0 Å². The van der Waals surface area contributed by atoms with Crippen LogP contribution in [0, 0.1) is 0 Å². The summed E-state index contributed by atoms with van der Waals surface area (Å²) in [5.74, 6) is -0.868. The zero-order chi connectivity index (χ0) is 15.2. The monoisotopic (exact) mass is 312 g/mol. The van der Waals surface area contributed by atoms with Crippen LogP contribution in [-0.2, 0) is 13.0 Å². The Hall–Kier alpha value is -0.980. The maximum Gasteiger partial charge on any atom is 0.347 e. The molecular formula is C15H24N2O3S. The van der Waals surface area contributed by atoms with Gasteiger partial charge in [-0.3, -0.25) is 4.90 Å². The van der Waals surface area contributed by atoms with Crippen LogP contribution in [0.25, 0.3) is 0 Å². The molecule has 2 rings (SSSR count). The zero-order valence-corrected chi connectivity index (χ0v) is 13.4. The summed E-state index contributed by atoms with van der Waals surface area (Å²) in [4.78, 5) is 18.6. The number of aromatic nitrogens is 1. The van der Waals surface area contributed by atoms with E-state index in [0.29, 0.717) is 17.5 Å². The normalized spacial score (nSPS) is 19.8. The van der Waals surface area contributed by atoms with Gasteiger partial charge in [0.15, 0.2) is 0 Å². The Balaban J connectivity index is 2.10. The molecule has 0 aliphatic carbocycles. The Morgan fingerprint density at radius 2 is 2.29 bits per heavy atom. The number of carboxylic acid groups (broad SMARTS) is 1. The molecule has 0 bridgehead atoms. The van der Waals surface area contributed by atoms with E-state index in [4.69, 9.17) is 0 Å². The maximum absolute atomic E-state index is 11.3. The predicted molar refractivity (Wildman–Crippen MR) is 82.8 cm³/mol. The van der Waals surface area contributed by atoms with Gasteiger partial charge in [0, 0.05) is 12.6 Å². The first kappa shape index (κ1) is 16.4. The van der Waals surface area contributed by atoms with E-state index < -0.39 is 5.97 Å². The lowest BCUT2D eigenvalue weighted by Gasteiger charge is -2.34. The minimum absolute atomic E-state index is 0.209. The van der Waals surface area contributed by atoms with Gasteiger partial charge in [0.1, 0.15) is 9.88 Å². The van der Waals surface area contributed by atoms with E-state index in [1.807, 2.05) is 6.92 Å². The van der Waals surface area contributed by atoms with E-state index >= 15 is 0 Å². The Bertz CT molecular complexity index is 473. The van der Waals surface area contributed by atoms with Crippen LogP contribution in [0.3, 0.4) is 0 Å². The molecule has 1 aliphatic heterocycles. The zero-order valence-electron chi connectivity index (χ0n) is 12.5. The van der Waals surface area contributed by atoms with E-state index in [-0.39, 0.29) is 6.61 Å². The lowest BCUT2D eigenvalue weighted by molar-refractivity contribution is 0.0700. The number of likely N-dealkylation sites (tertiary alicyclic amines) is 1. The number of rotatable bonds is 7. The van der Waals surface area contributed by atoms with Crippen LogP contribution in [0.5, 0.6) is 0 Å². The molecule has 1 unspecified atom stereocenters. The third-order valence-electron chi connectivity index (χ3n) is 3.97. The quantitative estimate of drug-likeness (QED) is 0.809. The highest BCUT2D eigenvalue weighted by molar-refractivity contribution is 7.13. The minimum atomic E-state index is -0.868. The lowest BCUT2D eigenvalue weighted by atomic mass is 10.00. The van der Waals surface area contributed by atoms with Gasteiger partial charge >= 0.3 is 5.97 Å². The van der Waals surface area contributed by atoms with Crippen LogP contribution >= 0.6 is 11.3 Å². The standard InChI is InChI=1S/C15H24N2O3S/c1-2-5-12-14(15(19)20)21-13(16-12)10-17-8-4-3-6-11(17)7-9-18/h11,18H,2-10H2,1H3,(H,19,20). The summed E-state index contributed by atoms with van der Waals surface area (Å²) >= 11 is 1.31. The second kappa shape index (κ2) is 7.87. The van der Waals surface area contributed by atoms with Crippen molar-refractivity contribution in [2.24, 2.45) is 0 Å². The number of aliphatic hydroxyl groups excluding tert-OH is 1. The fourth-order valence-corrected chi connectivity index (χ4v) is 3.93. The molecule has 5 nitrogen and oxygen atoms in total. The number of aromatic carboxylic acids is 1. The number of nitrogens with zero attached hydrogens (tertiary/aromatic N) is 2. The van der Waals surface area contributed by atoms with Gasteiger partial charge < -0.3 is 10.2 Å². The number of piperidine rings is 1. The van der Waals surface area contributed by atoms with Crippen LogP contribution in [0.4, 0.5) is 0 Å². The van der Waals surface area contributed by atoms with Crippen LogP contribution in [0.1, 0.15) is 59.4 Å². The molecule has 21 heavy (non-hydrogen) atoms. The van der Waals surface area contributed by atoms with E-state index in [0.717, 1.165) is 42.9 Å². The van der Waals surface area contributed by atoms with Crippen molar-refractivity contribution in [3.05, 3.63) is 15.6 Å². The summed E-state index contributed by atoms with van der Waals surface area (Å²) in [6.07, 6.45) is 5.90. The second-order valence-corrected chi connectivity index (χ2v) is 6.65. The van der Waals surface area contributed by atoms with Crippen molar-refractivity contribution in [1.29, 1.82) is 0 Å². The fourth-order valence-electron chi connectivity index (χ4n) is 2.96. The van der Waals surface area contributed by atoms with Crippen LogP contribution in [0.15, 0.2) is 0 Å².